The number of alkyl halides is 3. The lowest BCUT2D eigenvalue weighted by molar-refractivity contribution is -0.142. The Bertz CT molecular complexity index is 389. The quantitative estimate of drug-likeness (QED) is 0.804. The Kier molecular flexibility index (Phi) is 3.95. The topological polar surface area (TPSA) is 44.1 Å². The Labute approximate surface area is 97.5 Å². The third-order valence-electron chi connectivity index (χ3n) is 1.76. The van der Waals surface area contributed by atoms with Crippen LogP contribution in [-0.2, 0) is 22.3 Å². The number of carbonyl (C=O) groups excluding carboxylic acids is 1. The van der Waals surface area contributed by atoms with Crippen LogP contribution in [0.1, 0.15) is 12.1 Å². The van der Waals surface area contributed by atoms with Crippen LogP contribution in [0.2, 0.25) is 0 Å². The fraction of sp³-hybridized carbons (Fsp3) is 0.500. The van der Waals surface area contributed by atoms with Crippen molar-refractivity contribution in [2.75, 3.05) is 7.11 Å². The highest BCUT2D eigenvalue weighted by atomic mass is 79.9. The minimum atomic E-state index is -4.50. The van der Waals surface area contributed by atoms with Gasteiger partial charge in [0, 0.05) is 6.20 Å². The van der Waals surface area contributed by atoms with Crippen LogP contribution in [0.3, 0.4) is 0 Å². The van der Waals surface area contributed by atoms with Crippen molar-refractivity contribution < 1.29 is 22.7 Å². The summed E-state index contributed by atoms with van der Waals surface area (Å²) in [5, 5.41) is 3.32. The van der Waals surface area contributed by atoms with Gasteiger partial charge in [-0.3, -0.25) is 9.48 Å². The fourth-order valence-corrected chi connectivity index (χ4v) is 1.55. The molecule has 16 heavy (non-hydrogen) atoms. The van der Waals surface area contributed by atoms with Crippen molar-refractivity contribution in [1.82, 2.24) is 9.78 Å². The molecule has 8 heteroatoms. The molecule has 0 fully saturated rings. The van der Waals surface area contributed by atoms with Crippen molar-refractivity contribution in [3.8, 4) is 0 Å². The van der Waals surface area contributed by atoms with Gasteiger partial charge >= 0.3 is 12.1 Å². The molecule has 1 aromatic rings. The predicted molar refractivity (Wildman–Crippen MR) is 51.6 cm³/mol. The lowest BCUT2D eigenvalue weighted by Crippen LogP contribution is -2.10. The molecule has 0 atom stereocenters. The van der Waals surface area contributed by atoms with E-state index in [0.29, 0.717) is 0 Å². The molecule has 1 heterocycles. The maximum absolute atomic E-state index is 12.3. The number of esters is 1. The molecular weight excluding hydrogens is 293 g/mol. The zero-order chi connectivity index (χ0) is 12.3. The van der Waals surface area contributed by atoms with E-state index < -0.39 is 17.8 Å². The van der Waals surface area contributed by atoms with Crippen LogP contribution < -0.4 is 0 Å². The monoisotopic (exact) mass is 300 g/mol. The van der Waals surface area contributed by atoms with E-state index in [1.807, 2.05) is 0 Å². The Balaban J connectivity index is 2.74. The maximum atomic E-state index is 12.3. The first-order valence-electron chi connectivity index (χ1n) is 4.21. The molecule has 0 saturated heterocycles. The molecule has 0 aliphatic rings. The number of aryl methyl sites for hydroxylation is 1. The van der Waals surface area contributed by atoms with E-state index in [4.69, 9.17) is 0 Å². The van der Waals surface area contributed by atoms with E-state index in [9.17, 15) is 18.0 Å². The van der Waals surface area contributed by atoms with Gasteiger partial charge in [0.15, 0.2) is 5.69 Å². The van der Waals surface area contributed by atoms with Gasteiger partial charge in [-0.2, -0.15) is 18.3 Å². The smallest absolute Gasteiger partial charge is 0.436 e. The van der Waals surface area contributed by atoms with Crippen LogP contribution in [0.15, 0.2) is 10.7 Å². The van der Waals surface area contributed by atoms with Crippen LogP contribution in [0, 0.1) is 0 Å². The first kappa shape index (κ1) is 13.0. The summed E-state index contributed by atoms with van der Waals surface area (Å²) in [4.78, 5) is 10.8. The van der Waals surface area contributed by atoms with Gasteiger partial charge in [-0.1, -0.05) is 0 Å². The van der Waals surface area contributed by atoms with Gasteiger partial charge in [-0.15, -0.1) is 0 Å². The zero-order valence-corrected chi connectivity index (χ0v) is 9.80. The summed E-state index contributed by atoms with van der Waals surface area (Å²) >= 11 is 2.76. The van der Waals surface area contributed by atoms with E-state index >= 15 is 0 Å². The van der Waals surface area contributed by atoms with E-state index in [0.717, 1.165) is 4.68 Å². The second-order valence-electron chi connectivity index (χ2n) is 2.91. The van der Waals surface area contributed by atoms with E-state index in [1.54, 1.807) is 0 Å². The summed E-state index contributed by atoms with van der Waals surface area (Å²) in [7, 11) is 1.21. The molecular formula is C8H8BrF3N2O2. The molecule has 0 aromatic carbocycles. The average Bonchev–Trinajstić information content (AvgIpc) is 2.55. The molecule has 0 saturated carbocycles. The minimum Gasteiger partial charge on any atom is -0.469 e. The SMILES string of the molecule is COC(=O)CCn1cc(Br)c(C(F)(F)F)n1. The lowest BCUT2D eigenvalue weighted by Gasteiger charge is -2.02. The van der Waals surface area contributed by atoms with Crippen molar-refractivity contribution in [2.24, 2.45) is 0 Å². The Hall–Kier alpha value is -1.05. The molecule has 0 bridgehead atoms. The molecule has 0 amide bonds. The second kappa shape index (κ2) is 4.86. The van der Waals surface area contributed by atoms with Gasteiger partial charge in [-0.25, -0.2) is 0 Å². The summed E-state index contributed by atoms with van der Waals surface area (Å²) in [5.41, 5.74) is -1.00. The summed E-state index contributed by atoms with van der Waals surface area (Å²) in [6.07, 6.45) is -3.36. The molecule has 0 radical (unpaired) electrons. The van der Waals surface area contributed by atoms with E-state index in [-0.39, 0.29) is 17.4 Å². The van der Waals surface area contributed by atoms with Crippen LogP contribution in [0.5, 0.6) is 0 Å². The molecule has 1 rings (SSSR count). The summed E-state index contributed by atoms with van der Waals surface area (Å²) in [5.74, 6) is -0.500. The summed E-state index contributed by atoms with van der Waals surface area (Å²) in [6.45, 7) is 0.0430. The standard InChI is InChI=1S/C8H8BrF3N2O2/c1-16-6(15)2-3-14-4-5(9)7(13-14)8(10,11)12/h4H,2-3H2,1H3. The third-order valence-corrected chi connectivity index (χ3v) is 2.34. The van der Waals surface area contributed by atoms with Crippen molar-refractivity contribution in [3.05, 3.63) is 16.4 Å². The van der Waals surface area contributed by atoms with Crippen LogP contribution in [0.4, 0.5) is 13.2 Å². The molecule has 90 valence electrons. The molecule has 4 nitrogen and oxygen atoms in total. The highest BCUT2D eigenvalue weighted by molar-refractivity contribution is 9.10. The van der Waals surface area contributed by atoms with Crippen LogP contribution in [0.25, 0.3) is 0 Å². The fourth-order valence-electron chi connectivity index (χ4n) is 1.01. The Morgan fingerprint density at radius 3 is 2.69 bits per heavy atom. The van der Waals surface area contributed by atoms with Gasteiger partial charge < -0.3 is 4.74 Å². The van der Waals surface area contributed by atoms with Crippen LogP contribution >= 0.6 is 15.9 Å². The van der Waals surface area contributed by atoms with Gasteiger partial charge in [0.25, 0.3) is 0 Å². The van der Waals surface area contributed by atoms with Crippen molar-refractivity contribution in [2.45, 2.75) is 19.1 Å². The van der Waals surface area contributed by atoms with Crippen molar-refractivity contribution in [1.29, 1.82) is 0 Å². The number of carbonyl (C=O) groups is 1. The first-order valence-corrected chi connectivity index (χ1v) is 5.01. The zero-order valence-electron chi connectivity index (χ0n) is 8.21. The number of ether oxygens (including phenoxy) is 1. The molecule has 0 aliphatic heterocycles. The normalized spacial score (nSPS) is 11.6. The molecule has 0 spiro atoms. The van der Waals surface area contributed by atoms with Crippen LogP contribution in [-0.4, -0.2) is 22.9 Å². The van der Waals surface area contributed by atoms with Gasteiger partial charge in [0.05, 0.1) is 24.5 Å². The highest BCUT2D eigenvalue weighted by Crippen LogP contribution is 2.33. The number of nitrogens with zero attached hydrogens (tertiary/aromatic N) is 2. The largest absolute Gasteiger partial charge is 0.469 e. The number of aromatic nitrogens is 2. The molecule has 0 aliphatic carbocycles. The third kappa shape index (κ3) is 3.22. The second-order valence-corrected chi connectivity index (χ2v) is 3.77. The van der Waals surface area contributed by atoms with Gasteiger partial charge in [0.1, 0.15) is 0 Å². The van der Waals surface area contributed by atoms with E-state index in [2.05, 4.69) is 25.8 Å². The summed E-state index contributed by atoms with van der Waals surface area (Å²) in [6, 6.07) is 0. The Morgan fingerprint density at radius 1 is 1.62 bits per heavy atom. The average molecular weight is 301 g/mol. The van der Waals surface area contributed by atoms with E-state index in [1.165, 1.54) is 13.3 Å². The lowest BCUT2D eigenvalue weighted by atomic mass is 10.4. The number of methoxy groups -OCH3 is 1. The first-order chi connectivity index (χ1) is 7.34. The molecule has 0 unspecified atom stereocenters. The number of hydrogen-bond donors (Lipinski definition) is 0. The summed E-state index contributed by atoms with van der Waals surface area (Å²) < 4.78 is 42.2. The molecule has 0 N–H and O–H groups in total. The van der Waals surface area contributed by atoms with Crippen molar-refractivity contribution in [3.63, 3.8) is 0 Å². The number of rotatable bonds is 3. The number of hydrogen-bond acceptors (Lipinski definition) is 3. The van der Waals surface area contributed by atoms with Gasteiger partial charge in [0.2, 0.25) is 0 Å². The molecule has 1 aromatic heterocycles. The minimum absolute atomic E-state index is 0.0259. The Morgan fingerprint density at radius 2 is 2.25 bits per heavy atom. The predicted octanol–water partition coefficient (Wildman–Crippen LogP) is 2.23. The van der Waals surface area contributed by atoms with Crippen molar-refractivity contribution >= 4 is 21.9 Å². The maximum Gasteiger partial charge on any atom is 0.436 e. The number of halogens is 4. The van der Waals surface area contributed by atoms with Gasteiger partial charge in [-0.05, 0) is 15.9 Å². The highest BCUT2D eigenvalue weighted by Gasteiger charge is 2.36.